The topological polar surface area (TPSA) is 3.24 Å². The Balaban J connectivity index is 1.18. The summed E-state index contributed by atoms with van der Waals surface area (Å²) in [6.07, 6.45) is 0. The first kappa shape index (κ1) is 26.0. The van der Waals surface area contributed by atoms with Crippen LogP contribution in [0.4, 0.5) is 17.1 Å². The van der Waals surface area contributed by atoms with Crippen molar-refractivity contribution in [2.45, 2.75) is 19.3 Å². The van der Waals surface area contributed by atoms with Gasteiger partial charge in [-0.15, -0.1) is 0 Å². The molecule has 0 spiro atoms. The Kier molecular flexibility index (Phi) is 6.36. The van der Waals surface area contributed by atoms with Crippen LogP contribution >= 0.6 is 0 Å². The summed E-state index contributed by atoms with van der Waals surface area (Å²) in [5.41, 5.74) is 8.52. The van der Waals surface area contributed by atoms with Gasteiger partial charge in [-0.1, -0.05) is 171 Å². The van der Waals surface area contributed by atoms with Crippen molar-refractivity contribution in [3.8, 4) is 55.6 Å². The molecular weight excluding hydrogens is 675 g/mol. The van der Waals surface area contributed by atoms with E-state index >= 15 is 0 Å². The Labute approximate surface area is 341 Å². The van der Waals surface area contributed by atoms with Crippen LogP contribution in [-0.2, 0) is 5.41 Å². The number of anilines is 3. The Morgan fingerprint density at radius 3 is 1.50 bits per heavy atom. The van der Waals surface area contributed by atoms with Gasteiger partial charge in [0.05, 0.1) is 11.0 Å². The third kappa shape index (κ3) is 5.99. The third-order valence-electron chi connectivity index (χ3n) is 11.0. The van der Waals surface area contributed by atoms with Crippen molar-refractivity contribution in [1.29, 1.82) is 0 Å². The maximum Gasteiger partial charge on any atom is 0.0645 e. The molecule has 0 aromatic heterocycles. The molecule has 0 atom stereocenters. The molecule has 266 valence electrons. The van der Waals surface area contributed by atoms with E-state index in [-0.39, 0.29) is 70.8 Å². The van der Waals surface area contributed by atoms with Crippen molar-refractivity contribution in [2.24, 2.45) is 0 Å². The number of rotatable bonds is 7. The van der Waals surface area contributed by atoms with Gasteiger partial charge in [-0.05, 0) is 132 Å². The maximum atomic E-state index is 9.68. The highest BCUT2D eigenvalue weighted by Gasteiger charge is 2.35. The highest BCUT2D eigenvalue weighted by atomic mass is 15.1. The number of nitrogens with zero attached hydrogens (tertiary/aromatic N) is 1. The molecular formula is C55H41N. The van der Waals surface area contributed by atoms with E-state index in [0.29, 0.717) is 16.8 Å². The molecule has 1 aliphatic carbocycles. The molecule has 9 aromatic rings. The Morgan fingerprint density at radius 1 is 0.339 bits per heavy atom. The first-order chi connectivity index (χ1) is 30.8. The van der Waals surface area contributed by atoms with Gasteiger partial charge in [0.15, 0.2) is 0 Å². The van der Waals surface area contributed by atoms with Crippen LogP contribution in [0.3, 0.4) is 0 Å². The average molecular weight is 724 g/mol. The molecule has 1 nitrogen and oxygen atoms in total. The summed E-state index contributed by atoms with van der Waals surface area (Å²) in [5, 5.41) is 2.17. The number of hydrogen-bond acceptors (Lipinski definition) is 1. The van der Waals surface area contributed by atoms with Crippen molar-refractivity contribution in [3.05, 3.63) is 223 Å². The molecule has 0 bridgehead atoms. The van der Waals surface area contributed by atoms with Gasteiger partial charge in [0.1, 0.15) is 0 Å². The van der Waals surface area contributed by atoms with Gasteiger partial charge in [-0.25, -0.2) is 0 Å². The summed E-state index contributed by atoms with van der Waals surface area (Å²) in [4.78, 5) is 1.40. The Bertz CT molecular complexity index is 3300. The molecule has 0 aliphatic heterocycles. The van der Waals surface area contributed by atoms with Crippen molar-refractivity contribution in [3.63, 3.8) is 0 Å². The molecule has 1 aliphatic rings. The largest absolute Gasteiger partial charge is 0.310 e. The standard InChI is InChI=1S/C55H41N/c1-55(2)53-21-9-8-20-51(53)52-33-32-50(37-54(52)55)56(48-28-24-40(25-29-48)44-17-10-16-43(34-44)38-12-4-3-5-13-38)49-30-26-41(27-31-49)45-18-11-19-46(35-45)47-23-22-39-14-6-7-15-42(39)36-47/h3-37H,1-2H3/i24D,25D,26D,27D,28D,29D,30D,31D. The Hall–Kier alpha value is -6.96. The molecule has 0 radical (unpaired) electrons. The summed E-state index contributed by atoms with van der Waals surface area (Å²) in [7, 11) is 0. The molecule has 0 saturated heterocycles. The number of fused-ring (bicyclic) bond motifs is 4. The molecule has 0 N–H and O–H groups in total. The van der Waals surface area contributed by atoms with E-state index in [1.165, 1.54) is 4.90 Å². The predicted octanol–water partition coefficient (Wildman–Crippen LogP) is 15.3. The summed E-state index contributed by atoms with van der Waals surface area (Å²) >= 11 is 0. The maximum absolute atomic E-state index is 9.68. The molecule has 0 saturated carbocycles. The Morgan fingerprint density at radius 2 is 0.839 bits per heavy atom. The van der Waals surface area contributed by atoms with Crippen LogP contribution in [0.15, 0.2) is 212 Å². The van der Waals surface area contributed by atoms with Gasteiger partial charge >= 0.3 is 0 Å². The minimum absolute atomic E-state index is 0.111. The zero-order chi connectivity index (χ0) is 44.6. The minimum atomic E-state index is -0.468. The normalized spacial score (nSPS) is 14.6. The first-order valence-electron chi connectivity index (χ1n) is 22.9. The van der Waals surface area contributed by atoms with E-state index < -0.39 is 5.41 Å². The molecule has 56 heavy (non-hydrogen) atoms. The minimum Gasteiger partial charge on any atom is -0.310 e. The fourth-order valence-electron chi connectivity index (χ4n) is 8.03. The molecule has 0 fully saturated rings. The third-order valence-corrected chi connectivity index (χ3v) is 11.0. The van der Waals surface area contributed by atoms with Crippen molar-refractivity contribution in [1.82, 2.24) is 0 Å². The molecule has 0 amide bonds. The van der Waals surface area contributed by atoms with Gasteiger partial charge in [0, 0.05) is 22.5 Å². The van der Waals surface area contributed by atoms with Crippen LogP contribution in [-0.4, -0.2) is 0 Å². The SMILES string of the molecule is [2H]c1c([2H])c(N(c2ccc3c(c2)C(C)(C)c2ccccc2-3)c2c([2H])c([2H])c(-c3cccc(-c4ccc5ccccc5c4)c3)c([2H])c2[2H])c([2H])c([2H])c1-c1cccc(-c2ccccc2)c1. The fourth-order valence-corrected chi connectivity index (χ4v) is 8.03. The quantitative estimate of drug-likeness (QED) is 0.158. The van der Waals surface area contributed by atoms with E-state index in [4.69, 9.17) is 0 Å². The summed E-state index contributed by atoms with van der Waals surface area (Å²) in [6.45, 7) is 4.24. The van der Waals surface area contributed by atoms with Crippen LogP contribution in [0.5, 0.6) is 0 Å². The van der Waals surface area contributed by atoms with Crippen molar-refractivity contribution in [2.75, 3.05) is 4.90 Å². The van der Waals surface area contributed by atoms with Crippen molar-refractivity contribution < 1.29 is 11.0 Å². The van der Waals surface area contributed by atoms with E-state index in [2.05, 4.69) is 44.2 Å². The lowest BCUT2D eigenvalue weighted by Crippen LogP contribution is -2.16. The lowest BCUT2D eigenvalue weighted by Gasteiger charge is -2.28. The second-order valence-electron chi connectivity index (χ2n) is 14.8. The van der Waals surface area contributed by atoms with Gasteiger partial charge in [-0.2, -0.15) is 0 Å². The van der Waals surface area contributed by atoms with E-state index in [1.54, 1.807) is 18.2 Å². The lowest BCUT2D eigenvalue weighted by atomic mass is 9.82. The van der Waals surface area contributed by atoms with E-state index in [9.17, 15) is 11.0 Å². The highest BCUT2D eigenvalue weighted by molar-refractivity contribution is 5.89. The zero-order valence-corrected chi connectivity index (χ0v) is 31.0. The van der Waals surface area contributed by atoms with Gasteiger partial charge in [0.2, 0.25) is 0 Å². The highest BCUT2D eigenvalue weighted by Crippen LogP contribution is 2.50. The monoisotopic (exact) mass is 723 g/mol. The molecule has 10 rings (SSSR count). The predicted molar refractivity (Wildman–Crippen MR) is 238 cm³/mol. The van der Waals surface area contributed by atoms with Gasteiger partial charge in [0.25, 0.3) is 0 Å². The van der Waals surface area contributed by atoms with Crippen LogP contribution in [0.2, 0.25) is 0 Å². The number of benzene rings is 9. The first-order valence-corrected chi connectivity index (χ1v) is 18.9. The average Bonchev–Trinajstić information content (AvgIpc) is 3.55. The molecule has 1 heteroatoms. The molecule has 0 unspecified atom stereocenters. The molecule has 0 heterocycles. The second kappa shape index (κ2) is 13.7. The van der Waals surface area contributed by atoms with Crippen LogP contribution in [0, 0.1) is 0 Å². The van der Waals surface area contributed by atoms with Crippen LogP contribution < -0.4 is 4.90 Å². The van der Waals surface area contributed by atoms with Crippen molar-refractivity contribution >= 4 is 27.8 Å². The van der Waals surface area contributed by atoms with E-state index in [0.717, 1.165) is 55.3 Å². The smallest absolute Gasteiger partial charge is 0.0645 e. The van der Waals surface area contributed by atoms with Gasteiger partial charge in [-0.3, -0.25) is 0 Å². The summed E-state index contributed by atoms with van der Waals surface area (Å²) in [6, 6.07) is 50.0. The van der Waals surface area contributed by atoms with Crippen LogP contribution in [0.25, 0.3) is 66.4 Å². The zero-order valence-electron chi connectivity index (χ0n) is 39.0. The second-order valence-corrected chi connectivity index (χ2v) is 14.8. The summed E-state index contributed by atoms with van der Waals surface area (Å²) < 4.78 is 76.6. The van der Waals surface area contributed by atoms with Crippen LogP contribution in [0.1, 0.15) is 35.9 Å². The lowest BCUT2D eigenvalue weighted by molar-refractivity contribution is 0.660. The number of hydrogen-bond donors (Lipinski definition) is 0. The molecule has 9 aromatic carbocycles. The van der Waals surface area contributed by atoms with E-state index in [1.807, 2.05) is 115 Å². The fraction of sp³-hybridized carbons (Fsp3) is 0.0545. The summed E-state index contributed by atoms with van der Waals surface area (Å²) in [5.74, 6) is 0. The van der Waals surface area contributed by atoms with Gasteiger partial charge < -0.3 is 4.90 Å².